The molecule has 0 saturated carbocycles. The van der Waals surface area contributed by atoms with E-state index in [9.17, 15) is 9.59 Å². The first-order valence-corrected chi connectivity index (χ1v) is 4.06. The van der Waals surface area contributed by atoms with Crippen LogP contribution in [0, 0.1) is 5.92 Å². The summed E-state index contributed by atoms with van der Waals surface area (Å²) in [5.41, 5.74) is 4.93. The Balaban J connectivity index is 4.56. The van der Waals surface area contributed by atoms with Crippen LogP contribution in [0.3, 0.4) is 0 Å². The summed E-state index contributed by atoms with van der Waals surface area (Å²) in [4.78, 5) is 22.1. The second-order valence-electron chi connectivity index (χ2n) is 2.79. The van der Waals surface area contributed by atoms with Crippen LogP contribution in [0.25, 0.3) is 0 Å². The number of hydrogen-bond acceptors (Lipinski definition) is 4. The lowest BCUT2D eigenvalue weighted by Gasteiger charge is -2.09. The van der Waals surface area contributed by atoms with Crippen LogP contribution in [0.5, 0.6) is 0 Å². The Bertz CT molecular complexity index is 236. The molecule has 1 unspecified atom stereocenters. The number of rotatable bonds is 5. The van der Waals surface area contributed by atoms with E-state index in [-0.39, 0.29) is 5.71 Å². The molecule has 0 fully saturated rings. The molecule has 5 heteroatoms. The Morgan fingerprint density at radius 1 is 1.54 bits per heavy atom. The van der Waals surface area contributed by atoms with Gasteiger partial charge in [0, 0.05) is 0 Å². The highest BCUT2D eigenvalue weighted by atomic mass is 16.4. The van der Waals surface area contributed by atoms with E-state index in [1.165, 1.54) is 6.92 Å². The average molecular weight is 186 g/mol. The number of nitrogens with two attached hydrogens (primary N) is 1. The number of amides is 1. The number of hydrogen-bond donors (Lipinski definition) is 2. The van der Waals surface area contributed by atoms with E-state index >= 15 is 0 Å². The quantitative estimate of drug-likeness (QED) is 0.280. The number of oxime groups is 1. The molecule has 1 amide bonds. The van der Waals surface area contributed by atoms with Crippen LogP contribution in [0.2, 0.25) is 0 Å². The van der Waals surface area contributed by atoms with Gasteiger partial charge in [0.25, 0.3) is 0 Å². The van der Waals surface area contributed by atoms with Gasteiger partial charge in [0.05, 0.1) is 0 Å². The molecule has 1 atom stereocenters. The first-order valence-electron chi connectivity index (χ1n) is 4.06. The van der Waals surface area contributed by atoms with Crippen LogP contribution < -0.4 is 5.73 Å². The van der Waals surface area contributed by atoms with Gasteiger partial charge in [-0.05, 0) is 13.3 Å². The van der Waals surface area contributed by atoms with Crippen molar-refractivity contribution in [2.75, 3.05) is 0 Å². The minimum atomic E-state index is -0.860. The molecule has 0 aliphatic rings. The molecule has 0 rings (SSSR count). The summed E-state index contributed by atoms with van der Waals surface area (Å²) in [6.45, 7) is 3.18. The number of nitrogens with zero attached hydrogens (tertiary/aromatic N) is 1. The molecule has 5 nitrogen and oxygen atoms in total. The molecule has 0 heterocycles. The third kappa shape index (κ3) is 3.23. The highest BCUT2D eigenvalue weighted by Crippen LogP contribution is 2.08. The normalized spacial score (nSPS) is 13.8. The fourth-order valence-electron chi connectivity index (χ4n) is 0.993. The van der Waals surface area contributed by atoms with Gasteiger partial charge < -0.3 is 10.9 Å². The molecular weight excluding hydrogens is 172 g/mol. The molecule has 0 aromatic rings. The van der Waals surface area contributed by atoms with Gasteiger partial charge in [-0.3, -0.25) is 9.59 Å². The van der Waals surface area contributed by atoms with Gasteiger partial charge in [0.2, 0.25) is 5.91 Å². The van der Waals surface area contributed by atoms with E-state index in [1.54, 1.807) is 0 Å². The Morgan fingerprint density at radius 3 is 2.38 bits per heavy atom. The Labute approximate surface area is 76.6 Å². The second kappa shape index (κ2) is 5.29. The average Bonchev–Trinajstić information content (AvgIpc) is 2.11. The van der Waals surface area contributed by atoms with E-state index in [0.29, 0.717) is 12.8 Å². The predicted molar refractivity (Wildman–Crippen MR) is 47.5 cm³/mol. The summed E-state index contributed by atoms with van der Waals surface area (Å²) in [7, 11) is 0. The molecule has 3 N–H and O–H groups in total. The molecule has 0 aliphatic carbocycles. The van der Waals surface area contributed by atoms with Crippen molar-refractivity contribution in [3.63, 3.8) is 0 Å². The highest BCUT2D eigenvalue weighted by molar-refractivity contribution is 6.42. The van der Waals surface area contributed by atoms with Gasteiger partial charge in [0.15, 0.2) is 5.78 Å². The summed E-state index contributed by atoms with van der Waals surface area (Å²) in [6, 6.07) is 0. The molecule has 13 heavy (non-hydrogen) atoms. The van der Waals surface area contributed by atoms with Crippen molar-refractivity contribution in [3.8, 4) is 0 Å². The van der Waals surface area contributed by atoms with Gasteiger partial charge in [-0.15, -0.1) is 0 Å². The largest absolute Gasteiger partial charge is 0.411 e. The summed E-state index contributed by atoms with van der Waals surface area (Å²) < 4.78 is 0. The number of ketones is 1. The van der Waals surface area contributed by atoms with E-state index in [0.717, 1.165) is 0 Å². The molecule has 0 aliphatic heterocycles. The Morgan fingerprint density at radius 2 is 2.08 bits per heavy atom. The smallest absolute Gasteiger partial charge is 0.228 e. The zero-order valence-electron chi connectivity index (χ0n) is 7.78. The van der Waals surface area contributed by atoms with Gasteiger partial charge >= 0.3 is 0 Å². The van der Waals surface area contributed by atoms with Crippen LogP contribution in [-0.2, 0) is 9.59 Å². The van der Waals surface area contributed by atoms with Crippen molar-refractivity contribution in [2.24, 2.45) is 16.8 Å². The third-order valence-electron chi connectivity index (χ3n) is 1.74. The first-order chi connectivity index (χ1) is 6.04. The van der Waals surface area contributed by atoms with E-state index < -0.39 is 17.6 Å². The summed E-state index contributed by atoms with van der Waals surface area (Å²) in [5.74, 6) is -2.03. The lowest BCUT2D eigenvalue weighted by atomic mass is 9.95. The minimum Gasteiger partial charge on any atom is -0.411 e. The summed E-state index contributed by atoms with van der Waals surface area (Å²) in [6.07, 6.45) is 1.07. The monoisotopic (exact) mass is 186 g/mol. The second-order valence-corrected chi connectivity index (χ2v) is 2.79. The highest BCUT2D eigenvalue weighted by Gasteiger charge is 2.25. The molecule has 0 saturated heterocycles. The summed E-state index contributed by atoms with van der Waals surface area (Å²) in [5, 5.41) is 11.1. The predicted octanol–water partition coefficient (Wildman–Crippen LogP) is 0.307. The lowest BCUT2D eigenvalue weighted by molar-refractivity contribution is -0.129. The number of carbonyl (C=O) groups is 2. The number of primary amides is 1. The van der Waals surface area contributed by atoms with Crippen LogP contribution in [0.4, 0.5) is 0 Å². The molecule has 0 spiro atoms. The molecular formula is C8H14N2O3. The van der Waals surface area contributed by atoms with E-state index in [2.05, 4.69) is 5.16 Å². The van der Waals surface area contributed by atoms with Crippen LogP contribution in [0.15, 0.2) is 5.16 Å². The maximum atomic E-state index is 11.3. The molecule has 0 radical (unpaired) electrons. The standard InChI is InChI=1S/C8H14N2O3/c1-3-4-6(8(9)12)7(11)5(2)10-13/h6,13H,3-4H2,1-2H3,(H2,9,12)/b10-5-. The Hall–Kier alpha value is -1.39. The van der Waals surface area contributed by atoms with Crippen LogP contribution >= 0.6 is 0 Å². The SMILES string of the molecule is CCCC(C(N)=O)C(=O)/C(C)=N\O. The van der Waals surface area contributed by atoms with Crippen LogP contribution in [0.1, 0.15) is 26.7 Å². The van der Waals surface area contributed by atoms with E-state index in [4.69, 9.17) is 10.9 Å². The molecule has 0 aromatic carbocycles. The zero-order valence-corrected chi connectivity index (χ0v) is 7.78. The van der Waals surface area contributed by atoms with Crippen molar-refractivity contribution >= 4 is 17.4 Å². The van der Waals surface area contributed by atoms with Gasteiger partial charge in [-0.2, -0.15) is 0 Å². The topological polar surface area (TPSA) is 92.8 Å². The summed E-state index contributed by atoms with van der Waals surface area (Å²) >= 11 is 0. The maximum Gasteiger partial charge on any atom is 0.228 e. The Kier molecular flexibility index (Phi) is 4.72. The maximum absolute atomic E-state index is 11.3. The van der Waals surface area contributed by atoms with Crippen molar-refractivity contribution in [3.05, 3.63) is 0 Å². The number of carbonyl (C=O) groups excluding carboxylic acids is 2. The molecule has 0 aromatic heterocycles. The van der Waals surface area contributed by atoms with Gasteiger partial charge in [0.1, 0.15) is 11.6 Å². The van der Waals surface area contributed by atoms with Gasteiger partial charge in [-0.1, -0.05) is 18.5 Å². The van der Waals surface area contributed by atoms with E-state index in [1.807, 2.05) is 6.92 Å². The fraction of sp³-hybridized carbons (Fsp3) is 0.625. The minimum absolute atomic E-state index is 0.0859. The zero-order chi connectivity index (χ0) is 10.4. The first kappa shape index (κ1) is 11.6. The van der Waals surface area contributed by atoms with Crippen molar-refractivity contribution in [2.45, 2.75) is 26.7 Å². The third-order valence-corrected chi connectivity index (χ3v) is 1.74. The van der Waals surface area contributed by atoms with Gasteiger partial charge in [-0.25, -0.2) is 0 Å². The lowest BCUT2D eigenvalue weighted by Crippen LogP contribution is -2.33. The fourth-order valence-corrected chi connectivity index (χ4v) is 0.993. The molecule has 74 valence electrons. The molecule has 0 bridgehead atoms. The van der Waals surface area contributed by atoms with Crippen molar-refractivity contribution in [1.29, 1.82) is 0 Å². The van der Waals surface area contributed by atoms with Crippen molar-refractivity contribution < 1.29 is 14.8 Å². The van der Waals surface area contributed by atoms with Crippen LogP contribution in [-0.4, -0.2) is 22.6 Å². The van der Waals surface area contributed by atoms with Crippen molar-refractivity contribution in [1.82, 2.24) is 0 Å². The number of Topliss-reactive ketones (excluding diaryl/α,β-unsaturated/α-hetero) is 1.